The molecular formula is C20H27N3OS. The molecule has 1 aromatic carbocycles. The van der Waals surface area contributed by atoms with E-state index in [2.05, 4.69) is 53.1 Å². The van der Waals surface area contributed by atoms with Gasteiger partial charge in [0, 0.05) is 18.5 Å². The standard InChI is InChI=1S/C20H27N3OS/c1-15-21-18(14-25-15)12-20(24)23-11-5-4-6-19(23)17-9-7-16(8-10-17)13-22(2)3/h7-10,14,19H,4-6,11-13H2,1-3H3/t19-/m0/s1. The van der Waals surface area contributed by atoms with Gasteiger partial charge in [0.15, 0.2) is 0 Å². The van der Waals surface area contributed by atoms with E-state index in [1.54, 1.807) is 11.3 Å². The fraction of sp³-hybridized carbons (Fsp3) is 0.500. The van der Waals surface area contributed by atoms with Gasteiger partial charge in [0.05, 0.1) is 23.2 Å². The van der Waals surface area contributed by atoms with Crippen molar-refractivity contribution in [2.75, 3.05) is 20.6 Å². The maximum Gasteiger partial charge on any atom is 0.229 e. The molecule has 2 aromatic rings. The molecule has 1 fully saturated rings. The van der Waals surface area contributed by atoms with Crippen molar-refractivity contribution in [1.29, 1.82) is 0 Å². The number of piperidine rings is 1. The van der Waals surface area contributed by atoms with Crippen molar-refractivity contribution in [2.45, 2.75) is 45.2 Å². The molecule has 0 unspecified atom stereocenters. The first-order valence-corrected chi connectivity index (χ1v) is 9.85. The molecule has 5 heteroatoms. The quantitative estimate of drug-likeness (QED) is 0.816. The second-order valence-electron chi connectivity index (χ2n) is 7.11. The van der Waals surface area contributed by atoms with Crippen LogP contribution < -0.4 is 0 Å². The molecule has 0 bridgehead atoms. The Kier molecular flexibility index (Phi) is 5.86. The second-order valence-corrected chi connectivity index (χ2v) is 8.17. The molecule has 0 radical (unpaired) electrons. The maximum absolute atomic E-state index is 12.9. The Morgan fingerprint density at radius 3 is 2.68 bits per heavy atom. The zero-order valence-electron chi connectivity index (χ0n) is 15.4. The third kappa shape index (κ3) is 4.67. The second kappa shape index (κ2) is 8.11. The van der Waals surface area contributed by atoms with Crippen molar-refractivity contribution in [1.82, 2.24) is 14.8 Å². The highest BCUT2D eigenvalue weighted by atomic mass is 32.1. The van der Waals surface area contributed by atoms with Gasteiger partial charge in [-0.25, -0.2) is 4.98 Å². The lowest BCUT2D eigenvalue weighted by Gasteiger charge is -2.36. The van der Waals surface area contributed by atoms with Gasteiger partial charge in [0.1, 0.15) is 0 Å². The predicted molar refractivity (Wildman–Crippen MR) is 103 cm³/mol. The first kappa shape index (κ1) is 18.1. The summed E-state index contributed by atoms with van der Waals surface area (Å²) in [5.74, 6) is 0.201. The number of rotatable bonds is 5. The van der Waals surface area contributed by atoms with E-state index < -0.39 is 0 Å². The fourth-order valence-electron chi connectivity index (χ4n) is 3.53. The average molecular weight is 358 g/mol. The summed E-state index contributed by atoms with van der Waals surface area (Å²) in [6.45, 7) is 3.78. The first-order chi connectivity index (χ1) is 12.0. The van der Waals surface area contributed by atoms with Gasteiger partial charge in [-0.15, -0.1) is 11.3 Å². The van der Waals surface area contributed by atoms with Gasteiger partial charge >= 0.3 is 0 Å². The van der Waals surface area contributed by atoms with Gasteiger partial charge in [0.25, 0.3) is 0 Å². The third-order valence-corrected chi connectivity index (χ3v) is 5.51. The number of hydrogen-bond donors (Lipinski definition) is 0. The molecule has 0 aliphatic carbocycles. The molecule has 2 heterocycles. The van der Waals surface area contributed by atoms with E-state index in [9.17, 15) is 4.79 Å². The molecule has 0 saturated carbocycles. The Hall–Kier alpha value is -1.72. The normalized spacial score (nSPS) is 17.9. The molecule has 1 aliphatic heterocycles. The number of aromatic nitrogens is 1. The fourth-order valence-corrected chi connectivity index (χ4v) is 4.15. The number of benzene rings is 1. The summed E-state index contributed by atoms with van der Waals surface area (Å²) in [6.07, 6.45) is 3.75. The SMILES string of the molecule is Cc1nc(CC(=O)N2CCCC[C@H]2c2ccc(CN(C)C)cc2)cs1. The Morgan fingerprint density at radius 1 is 1.28 bits per heavy atom. The zero-order chi connectivity index (χ0) is 17.8. The van der Waals surface area contributed by atoms with E-state index in [4.69, 9.17) is 0 Å². The van der Waals surface area contributed by atoms with Gasteiger partial charge in [-0.1, -0.05) is 24.3 Å². The van der Waals surface area contributed by atoms with Gasteiger partial charge in [-0.3, -0.25) is 4.79 Å². The largest absolute Gasteiger partial charge is 0.335 e. The average Bonchev–Trinajstić information content (AvgIpc) is 3.00. The van der Waals surface area contributed by atoms with Crippen LogP contribution in [0.4, 0.5) is 0 Å². The highest BCUT2D eigenvalue weighted by molar-refractivity contribution is 7.09. The highest BCUT2D eigenvalue weighted by Gasteiger charge is 2.28. The Bertz CT molecular complexity index is 708. The van der Waals surface area contributed by atoms with Crippen LogP contribution in [0.25, 0.3) is 0 Å². The first-order valence-electron chi connectivity index (χ1n) is 8.97. The summed E-state index contributed by atoms with van der Waals surface area (Å²) >= 11 is 1.61. The molecule has 134 valence electrons. The predicted octanol–water partition coefficient (Wildman–Crippen LogP) is 3.81. The molecule has 1 aromatic heterocycles. The van der Waals surface area contributed by atoms with Gasteiger partial charge < -0.3 is 9.80 Å². The van der Waals surface area contributed by atoms with Crippen LogP contribution in [0.15, 0.2) is 29.6 Å². The molecule has 1 atom stereocenters. The van der Waals surface area contributed by atoms with Crippen LogP contribution in [-0.4, -0.2) is 41.3 Å². The smallest absolute Gasteiger partial charge is 0.229 e. The van der Waals surface area contributed by atoms with Crippen LogP contribution in [0.5, 0.6) is 0 Å². The van der Waals surface area contributed by atoms with Crippen molar-refractivity contribution >= 4 is 17.2 Å². The van der Waals surface area contributed by atoms with Crippen LogP contribution in [0.1, 0.15) is 47.1 Å². The maximum atomic E-state index is 12.9. The van der Waals surface area contributed by atoms with E-state index >= 15 is 0 Å². The van der Waals surface area contributed by atoms with Crippen LogP contribution in [0.3, 0.4) is 0 Å². The van der Waals surface area contributed by atoms with Gasteiger partial charge in [0.2, 0.25) is 5.91 Å². The lowest BCUT2D eigenvalue weighted by molar-refractivity contribution is -0.134. The summed E-state index contributed by atoms with van der Waals surface area (Å²) in [4.78, 5) is 21.5. The number of aryl methyl sites for hydroxylation is 1. The van der Waals surface area contributed by atoms with Crippen LogP contribution in [0.2, 0.25) is 0 Å². The number of nitrogens with zero attached hydrogens (tertiary/aromatic N) is 3. The Labute approximate surface area is 154 Å². The van der Waals surface area contributed by atoms with E-state index in [0.29, 0.717) is 6.42 Å². The van der Waals surface area contributed by atoms with Crippen molar-refractivity contribution in [3.05, 3.63) is 51.5 Å². The van der Waals surface area contributed by atoms with Crippen LogP contribution >= 0.6 is 11.3 Å². The van der Waals surface area contributed by atoms with Crippen LogP contribution in [0, 0.1) is 6.92 Å². The number of carbonyl (C=O) groups excluding carboxylic acids is 1. The van der Waals surface area contributed by atoms with E-state index in [0.717, 1.165) is 36.6 Å². The topological polar surface area (TPSA) is 36.4 Å². The van der Waals surface area contributed by atoms with Crippen molar-refractivity contribution in [3.8, 4) is 0 Å². The number of carbonyl (C=O) groups is 1. The molecule has 1 amide bonds. The molecule has 1 aliphatic rings. The van der Waals surface area contributed by atoms with Crippen molar-refractivity contribution in [2.24, 2.45) is 0 Å². The Balaban J connectivity index is 1.72. The van der Waals surface area contributed by atoms with Crippen LogP contribution in [-0.2, 0) is 17.8 Å². The zero-order valence-corrected chi connectivity index (χ0v) is 16.2. The summed E-state index contributed by atoms with van der Waals surface area (Å²) in [7, 11) is 4.16. The highest BCUT2D eigenvalue weighted by Crippen LogP contribution is 2.31. The van der Waals surface area contributed by atoms with Gasteiger partial charge in [-0.05, 0) is 51.4 Å². The molecule has 3 rings (SSSR count). The number of likely N-dealkylation sites (tertiary alicyclic amines) is 1. The van der Waals surface area contributed by atoms with Crippen molar-refractivity contribution in [3.63, 3.8) is 0 Å². The molecular weight excluding hydrogens is 330 g/mol. The monoisotopic (exact) mass is 357 g/mol. The molecule has 25 heavy (non-hydrogen) atoms. The van der Waals surface area contributed by atoms with Gasteiger partial charge in [-0.2, -0.15) is 0 Å². The van der Waals surface area contributed by atoms with E-state index in [1.165, 1.54) is 17.5 Å². The number of thiazole rings is 1. The van der Waals surface area contributed by atoms with Crippen molar-refractivity contribution < 1.29 is 4.79 Å². The molecule has 0 N–H and O–H groups in total. The minimum absolute atomic E-state index is 0.201. The lowest BCUT2D eigenvalue weighted by atomic mass is 9.94. The summed E-state index contributed by atoms with van der Waals surface area (Å²) in [5, 5.41) is 3.02. The number of hydrogen-bond acceptors (Lipinski definition) is 4. The number of amides is 1. The summed E-state index contributed by atoms with van der Waals surface area (Å²) < 4.78 is 0. The summed E-state index contributed by atoms with van der Waals surface area (Å²) in [5.41, 5.74) is 3.46. The third-order valence-electron chi connectivity index (χ3n) is 4.69. The van der Waals surface area contributed by atoms with E-state index in [1.807, 2.05) is 12.3 Å². The molecule has 1 saturated heterocycles. The lowest BCUT2D eigenvalue weighted by Crippen LogP contribution is -2.39. The molecule has 0 spiro atoms. The molecule has 4 nitrogen and oxygen atoms in total. The minimum atomic E-state index is 0.201. The van der Waals surface area contributed by atoms with E-state index in [-0.39, 0.29) is 11.9 Å². The Morgan fingerprint density at radius 2 is 2.04 bits per heavy atom. The minimum Gasteiger partial charge on any atom is -0.335 e. The summed E-state index contributed by atoms with van der Waals surface area (Å²) in [6, 6.07) is 8.98.